The summed E-state index contributed by atoms with van der Waals surface area (Å²) in [5.41, 5.74) is 2.60. The van der Waals surface area contributed by atoms with E-state index in [9.17, 15) is 19.4 Å². The summed E-state index contributed by atoms with van der Waals surface area (Å²) >= 11 is 0. The third-order valence-corrected chi connectivity index (χ3v) is 2.85. The van der Waals surface area contributed by atoms with Crippen LogP contribution in [-0.2, 0) is 4.74 Å². The molecule has 106 valence electrons. The Morgan fingerprint density at radius 3 is 2.84 bits per heavy atom. The summed E-state index contributed by atoms with van der Waals surface area (Å²) in [5, 5.41) is 19.1. The molecule has 3 atom stereocenters. The second-order valence-corrected chi connectivity index (χ2v) is 3.88. The molecule has 0 aliphatic rings. The Bertz CT molecular complexity index is 501. The molecule has 0 bridgehead atoms. The fraction of sp³-hybridized carbons (Fsp3) is 0.455. The predicted molar refractivity (Wildman–Crippen MR) is 66.1 cm³/mol. The number of nitrogens with zero attached hydrogens (tertiary/aromatic N) is 2. The summed E-state index contributed by atoms with van der Waals surface area (Å²) in [7, 11) is 1.18. The number of alkyl halides is 1. The molecule has 1 heterocycles. The molecule has 0 aliphatic heterocycles. The highest BCUT2D eigenvalue weighted by Crippen LogP contribution is 2.26. The molecule has 0 aromatic carbocycles. The molecular weight excluding hydrogens is 257 g/mol. The molecule has 1 rings (SSSR count). The molecular formula is C11H16FN3O4. The number of aliphatic hydroxyl groups excluding tert-OH is 2. The first-order valence-electron chi connectivity index (χ1n) is 5.38. The van der Waals surface area contributed by atoms with Gasteiger partial charge in [-0.15, -0.1) is 6.58 Å². The molecule has 19 heavy (non-hydrogen) atoms. The van der Waals surface area contributed by atoms with E-state index >= 15 is 0 Å². The lowest BCUT2D eigenvalue weighted by molar-refractivity contribution is -0.136. The molecule has 8 heteroatoms. The van der Waals surface area contributed by atoms with E-state index in [1.165, 1.54) is 13.2 Å². The predicted octanol–water partition coefficient (Wildman–Crippen LogP) is -0.782. The number of hydrogen-bond acceptors (Lipinski definition) is 6. The highest BCUT2D eigenvalue weighted by atomic mass is 19.1. The van der Waals surface area contributed by atoms with Crippen LogP contribution in [0.5, 0.6) is 0 Å². The summed E-state index contributed by atoms with van der Waals surface area (Å²) in [6, 6.07) is 1.21. The quantitative estimate of drug-likeness (QED) is 0.586. The van der Waals surface area contributed by atoms with Crippen molar-refractivity contribution in [3.63, 3.8) is 0 Å². The molecule has 0 unspecified atom stereocenters. The van der Waals surface area contributed by atoms with E-state index < -0.39 is 30.3 Å². The summed E-state index contributed by atoms with van der Waals surface area (Å²) < 4.78 is 19.6. The number of nitrogens with two attached hydrogens (primary N) is 1. The number of anilines is 1. The zero-order chi connectivity index (χ0) is 14.6. The van der Waals surface area contributed by atoms with E-state index in [1.807, 2.05) is 0 Å². The van der Waals surface area contributed by atoms with Crippen molar-refractivity contribution in [2.75, 3.05) is 19.5 Å². The van der Waals surface area contributed by atoms with Crippen molar-refractivity contribution in [1.82, 2.24) is 9.55 Å². The summed E-state index contributed by atoms with van der Waals surface area (Å²) in [6.45, 7) is 2.67. The molecule has 1 aromatic heterocycles. The van der Waals surface area contributed by atoms with Gasteiger partial charge in [0.1, 0.15) is 17.5 Å². The number of nitrogen functional groups attached to an aromatic ring is 1. The van der Waals surface area contributed by atoms with Crippen molar-refractivity contribution in [2.24, 2.45) is 0 Å². The van der Waals surface area contributed by atoms with E-state index in [-0.39, 0.29) is 5.82 Å². The van der Waals surface area contributed by atoms with Crippen molar-refractivity contribution < 1.29 is 19.3 Å². The van der Waals surface area contributed by atoms with Crippen LogP contribution in [0.1, 0.15) is 6.30 Å². The molecule has 0 radical (unpaired) electrons. The third-order valence-electron chi connectivity index (χ3n) is 2.85. The lowest BCUT2D eigenvalue weighted by Gasteiger charge is -2.33. The van der Waals surface area contributed by atoms with Crippen molar-refractivity contribution in [1.29, 1.82) is 0 Å². The highest BCUT2D eigenvalue weighted by molar-refractivity contribution is 5.23. The van der Waals surface area contributed by atoms with Crippen LogP contribution >= 0.6 is 0 Å². The molecule has 1 aromatic rings. The number of rotatable bonds is 6. The Labute approximate surface area is 108 Å². The Hall–Kier alpha value is -1.77. The maximum Gasteiger partial charge on any atom is 0.351 e. The number of ether oxygens (including phenoxy) is 1. The van der Waals surface area contributed by atoms with Crippen LogP contribution < -0.4 is 11.4 Å². The van der Waals surface area contributed by atoms with Gasteiger partial charge in [0.2, 0.25) is 6.30 Å². The molecule has 0 saturated carbocycles. The number of hydrogen-bond donors (Lipinski definition) is 3. The van der Waals surface area contributed by atoms with E-state index in [0.717, 1.165) is 12.3 Å². The highest BCUT2D eigenvalue weighted by Gasteiger charge is 2.41. The second kappa shape index (κ2) is 5.91. The second-order valence-electron chi connectivity index (χ2n) is 3.88. The van der Waals surface area contributed by atoms with Crippen LogP contribution in [0.2, 0.25) is 0 Å². The van der Waals surface area contributed by atoms with Gasteiger partial charge in [-0.25, -0.2) is 9.18 Å². The Morgan fingerprint density at radius 2 is 2.42 bits per heavy atom. The minimum atomic E-state index is -2.18. The SMILES string of the molecule is C=C[C@](CO)(OC)[C@@H](O)[C@@H](F)n1ccc(N)nc1=O. The van der Waals surface area contributed by atoms with Crippen molar-refractivity contribution >= 4 is 5.82 Å². The standard InChI is InChI=1S/C11H16FN3O4/c1-3-11(6-16,19-2)8(17)9(12)15-5-4-7(13)14-10(15)18/h3-5,8-9,16-17H,1,6H2,2H3,(H2,13,14,18)/t8-,9-,11+/m0/s1. The molecule has 0 amide bonds. The monoisotopic (exact) mass is 273 g/mol. The first-order chi connectivity index (χ1) is 8.91. The smallest absolute Gasteiger partial charge is 0.351 e. The minimum Gasteiger partial charge on any atom is -0.393 e. The van der Waals surface area contributed by atoms with Crippen molar-refractivity contribution in [3.05, 3.63) is 35.4 Å². The van der Waals surface area contributed by atoms with Crippen LogP contribution in [-0.4, -0.2) is 45.2 Å². The maximum atomic E-state index is 14.2. The van der Waals surface area contributed by atoms with Gasteiger partial charge in [-0.1, -0.05) is 6.08 Å². The zero-order valence-corrected chi connectivity index (χ0v) is 10.4. The van der Waals surface area contributed by atoms with Crippen molar-refractivity contribution in [3.8, 4) is 0 Å². The van der Waals surface area contributed by atoms with Crippen LogP contribution in [0.25, 0.3) is 0 Å². The van der Waals surface area contributed by atoms with Crippen LogP contribution in [0, 0.1) is 0 Å². The normalized spacial score (nSPS) is 17.5. The molecule has 0 aliphatic carbocycles. The number of aromatic nitrogens is 2. The molecule has 7 nitrogen and oxygen atoms in total. The first-order valence-corrected chi connectivity index (χ1v) is 5.38. The number of halogens is 1. The van der Waals surface area contributed by atoms with E-state index in [2.05, 4.69) is 11.6 Å². The maximum absolute atomic E-state index is 14.2. The molecule has 0 fully saturated rings. The summed E-state index contributed by atoms with van der Waals surface area (Å²) in [4.78, 5) is 14.8. The number of aliphatic hydroxyl groups is 2. The fourth-order valence-corrected chi connectivity index (χ4v) is 1.55. The summed E-state index contributed by atoms with van der Waals surface area (Å²) in [6.07, 6.45) is -1.90. The Kier molecular flexibility index (Phi) is 4.76. The van der Waals surface area contributed by atoms with Crippen LogP contribution in [0.4, 0.5) is 10.2 Å². The van der Waals surface area contributed by atoms with Gasteiger partial charge in [-0.05, 0) is 6.07 Å². The molecule has 0 spiro atoms. The number of methoxy groups -OCH3 is 1. The van der Waals surface area contributed by atoms with Crippen LogP contribution in [0.3, 0.4) is 0 Å². The first kappa shape index (κ1) is 15.3. The van der Waals surface area contributed by atoms with E-state index in [1.54, 1.807) is 0 Å². The van der Waals surface area contributed by atoms with Crippen LogP contribution in [0.15, 0.2) is 29.7 Å². The van der Waals surface area contributed by atoms with Gasteiger partial charge >= 0.3 is 5.69 Å². The van der Waals surface area contributed by atoms with Gasteiger partial charge in [0.15, 0.2) is 0 Å². The summed E-state index contributed by atoms with van der Waals surface area (Å²) in [5.74, 6) is -0.0631. The van der Waals surface area contributed by atoms with Gasteiger partial charge in [0, 0.05) is 13.3 Å². The zero-order valence-electron chi connectivity index (χ0n) is 10.4. The average Bonchev–Trinajstić information content (AvgIpc) is 2.40. The van der Waals surface area contributed by atoms with Crippen molar-refractivity contribution in [2.45, 2.75) is 18.0 Å². The van der Waals surface area contributed by atoms with Gasteiger partial charge in [-0.3, -0.25) is 4.57 Å². The molecule has 4 N–H and O–H groups in total. The fourth-order valence-electron chi connectivity index (χ4n) is 1.55. The topological polar surface area (TPSA) is 111 Å². The van der Waals surface area contributed by atoms with E-state index in [0.29, 0.717) is 4.57 Å². The lowest BCUT2D eigenvalue weighted by Crippen LogP contribution is -2.50. The van der Waals surface area contributed by atoms with Gasteiger partial charge in [-0.2, -0.15) is 4.98 Å². The third kappa shape index (κ3) is 2.80. The lowest BCUT2D eigenvalue weighted by atomic mass is 9.96. The molecule has 0 saturated heterocycles. The van der Waals surface area contributed by atoms with E-state index in [4.69, 9.17) is 10.5 Å². The van der Waals surface area contributed by atoms with Gasteiger partial charge < -0.3 is 20.7 Å². The Morgan fingerprint density at radius 1 is 1.79 bits per heavy atom. The van der Waals surface area contributed by atoms with Gasteiger partial charge in [0.25, 0.3) is 0 Å². The minimum absolute atomic E-state index is 0.0631. The average molecular weight is 273 g/mol. The van der Waals surface area contributed by atoms with Gasteiger partial charge in [0.05, 0.1) is 6.61 Å². The Balaban J connectivity index is 3.14. The largest absolute Gasteiger partial charge is 0.393 e.